The molecule has 0 heterocycles. The van der Waals surface area contributed by atoms with Gasteiger partial charge in [0.25, 0.3) is 0 Å². The first-order valence-corrected chi connectivity index (χ1v) is 5.61. The fraction of sp³-hybridized carbons (Fsp3) is 0.833. The van der Waals surface area contributed by atoms with Crippen LogP contribution >= 0.6 is 0 Å². The minimum Gasteiger partial charge on any atom is -0.300 e. The molecule has 2 nitrogen and oxygen atoms in total. The Morgan fingerprint density at radius 3 is 2.14 bits per heavy atom. The number of Topliss-reactive ketones (excluding diaryl/α,β-unsaturated/α-hetero) is 2. The van der Waals surface area contributed by atoms with Gasteiger partial charge in [0.05, 0.1) is 0 Å². The summed E-state index contributed by atoms with van der Waals surface area (Å²) in [6.07, 6.45) is 6.48. The topological polar surface area (TPSA) is 34.1 Å². The smallest absolute Gasteiger partial charge is 0.133 e. The molecular formula is C12H20O2. The van der Waals surface area contributed by atoms with Crippen LogP contribution in [0.25, 0.3) is 0 Å². The highest BCUT2D eigenvalue weighted by atomic mass is 16.1. The Hall–Kier alpha value is -0.660. The van der Waals surface area contributed by atoms with Crippen molar-refractivity contribution in [3.63, 3.8) is 0 Å². The van der Waals surface area contributed by atoms with Gasteiger partial charge in [0, 0.05) is 12.3 Å². The Balaban J connectivity index is 2.56. The molecule has 14 heavy (non-hydrogen) atoms. The van der Waals surface area contributed by atoms with Crippen molar-refractivity contribution in [1.82, 2.24) is 0 Å². The molecule has 80 valence electrons. The summed E-state index contributed by atoms with van der Waals surface area (Å²) in [7, 11) is 0. The quantitative estimate of drug-likeness (QED) is 0.692. The van der Waals surface area contributed by atoms with E-state index in [0.717, 1.165) is 12.8 Å². The molecule has 0 aliphatic heterocycles. The number of hydrogen-bond donors (Lipinski definition) is 0. The number of carbonyl (C=O) groups is 2. The van der Waals surface area contributed by atoms with E-state index < -0.39 is 0 Å². The van der Waals surface area contributed by atoms with Crippen molar-refractivity contribution >= 4 is 11.6 Å². The van der Waals surface area contributed by atoms with Crippen LogP contribution in [0.1, 0.15) is 52.4 Å². The van der Waals surface area contributed by atoms with Gasteiger partial charge in [0.15, 0.2) is 0 Å². The average Bonchev–Trinajstić information content (AvgIpc) is 2.15. The summed E-state index contributed by atoms with van der Waals surface area (Å²) < 4.78 is 0. The van der Waals surface area contributed by atoms with E-state index in [0.29, 0.717) is 12.3 Å². The van der Waals surface area contributed by atoms with Crippen molar-refractivity contribution in [3.05, 3.63) is 0 Å². The van der Waals surface area contributed by atoms with E-state index in [4.69, 9.17) is 0 Å². The molecule has 1 fully saturated rings. The van der Waals surface area contributed by atoms with Gasteiger partial charge >= 0.3 is 0 Å². The van der Waals surface area contributed by atoms with E-state index in [1.54, 1.807) is 13.8 Å². The molecule has 1 aliphatic rings. The summed E-state index contributed by atoms with van der Waals surface area (Å²) in [6, 6.07) is 0. The lowest BCUT2D eigenvalue weighted by molar-refractivity contribution is -0.127. The first kappa shape index (κ1) is 11.4. The predicted octanol–water partition coefficient (Wildman–Crippen LogP) is 2.75. The van der Waals surface area contributed by atoms with Crippen LogP contribution in [0.3, 0.4) is 0 Å². The maximum atomic E-state index is 11.4. The van der Waals surface area contributed by atoms with Gasteiger partial charge in [0.2, 0.25) is 0 Å². The Morgan fingerprint density at radius 2 is 1.71 bits per heavy atom. The molecule has 1 unspecified atom stereocenters. The van der Waals surface area contributed by atoms with Crippen molar-refractivity contribution in [2.24, 2.45) is 11.8 Å². The third kappa shape index (κ3) is 3.24. The van der Waals surface area contributed by atoms with Crippen LogP contribution in [-0.2, 0) is 9.59 Å². The van der Waals surface area contributed by atoms with Crippen molar-refractivity contribution < 1.29 is 9.59 Å². The molecule has 1 saturated carbocycles. The molecule has 1 rings (SSSR count). The number of ketones is 2. The van der Waals surface area contributed by atoms with E-state index in [2.05, 4.69) is 0 Å². The molecule has 2 heteroatoms. The van der Waals surface area contributed by atoms with Crippen LogP contribution in [0.4, 0.5) is 0 Å². The van der Waals surface area contributed by atoms with Gasteiger partial charge in [-0.3, -0.25) is 4.79 Å². The minimum absolute atomic E-state index is 0.00722. The van der Waals surface area contributed by atoms with Crippen LogP contribution in [0.2, 0.25) is 0 Å². The molecule has 0 amide bonds. The number of hydrogen-bond acceptors (Lipinski definition) is 2. The molecule has 0 radical (unpaired) electrons. The summed E-state index contributed by atoms with van der Waals surface area (Å²) in [5, 5.41) is 0. The second-order valence-corrected chi connectivity index (χ2v) is 4.52. The highest BCUT2D eigenvalue weighted by molar-refractivity contribution is 5.85. The molecule has 0 aromatic rings. The molecular weight excluding hydrogens is 176 g/mol. The molecule has 0 N–H and O–H groups in total. The molecule has 0 saturated heterocycles. The summed E-state index contributed by atoms with van der Waals surface area (Å²) in [5.74, 6) is 0.834. The van der Waals surface area contributed by atoms with E-state index in [1.165, 1.54) is 19.3 Å². The first-order chi connectivity index (χ1) is 6.61. The fourth-order valence-electron chi connectivity index (χ4n) is 2.49. The van der Waals surface area contributed by atoms with E-state index >= 15 is 0 Å². The Bertz CT molecular complexity index is 214. The van der Waals surface area contributed by atoms with Crippen molar-refractivity contribution in [2.75, 3.05) is 0 Å². The zero-order valence-corrected chi connectivity index (χ0v) is 9.21. The Morgan fingerprint density at radius 1 is 1.14 bits per heavy atom. The van der Waals surface area contributed by atoms with Crippen LogP contribution in [0.5, 0.6) is 0 Å². The normalized spacial score (nSPS) is 20.4. The minimum atomic E-state index is 0.00722. The van der Waals surface area contributed by atoms with Gasteiger partial charge < -0.3 is 4.79 Å². The van der Waals surface area contributed by atoms with Crippen LogP contribution in [0, 0.1) is 11.8 Å². The standard InChI is InChI=1S/C12H20O2/c1-9(13)8-12(10(2)14)11-6-4-3-5-7-11/h11-12H,3-8H2,1-2H3. The van der Waals surface area contributed by atoms with E-state index in [1.807, 2.05) is 0 Å². The van der Waals surface area contributed by atoms with Gasteiger partial charge in [-0.05, 0) is 32.6 Å². The second-order valence-electron chi connectivity index (χ2n) is 4.52. The highest BCUT2D eigenvalue weighted by Gasteiger charge is 2.27. The summed E-state index contributed by atoms with van der Waals surface area (Å²) in [6.45, 7) is 3.21. The summed E-state index contributed by atoms with van der Waals surface area (Å²) in [4.78, 5) is 22.5. The van der Waals surface area contributed by atoms with Crippen molar-refractivity contribution in [1.29, 1.82) is 0 Å². The van der Waals surface area contributed by atoms with Gasteiger partial charge in [-0.2, -0.15) is 0 Å². The number of carbonyl (C=O) groups excluding carboxylic acids is 2. The van der Waals surface area contributed by atoms with Crippen LogP contribution in [0.15, 0.2) is 0 Å². The zero-order valence-electron chi connectivity index (χ0n) is 9.21. The summed E-state index contributed by atoms with van der Waals surface area (Å²) in [5.41, 5.74) is 0. The molecule has 0 aromatic heterocycles. The first-order valence-electron chi connectivity index (χ1n) is 5.61. The van der Waals surface area contributed by atoms with Gasteiger partial charge in [-0.25, -0.2) is 0 Å². The van der Waals surface area contributed by atoms with Crippen LogP contribution in [-0.4, -0.2) is 11.6 Å². The fourth-order valence-corrected chi connectivity index (χ4v) is 2.49. The van der Waals surface area contributed by atoms with E-state index in [-0.39, 0.29) is 17.5 Å². The molecule has 0 aromatic carbocycles. The average molecular weight is 196 g/mol. The van der Waals surface area contributed by atoms with Gasteiger partial charge in [-0.15, -0.1) is 0 Å². The van der Waals surface area contributed by atoms with Crippen molar-refractivity contribution in [2.45, 2.75) is 52.4 Å². The van der Waals surface area contributed by atoms with Crippen molar-refractivity contribution in [3.8, 4) is 0 Å². The molecule has 1 atom stereocenters. The lowest BCUT2D eigenvalue weighted by Gasteiger charge is -2.27. The summed E-state index contributed by atoms with van der Waals surface area (Å²) >= 11 is 0. The van der Waals surface area contributed by atoms with Crippen LogP contribution < -0.4 is 0 Å². The monoisotopic (exact) mass is 196 g/mol. The Labute approximate surface area is 86.1 Å². The second kappa shape index (κ2) is 5.28. The number of rotatable bonds is 4. The maximum Gasteiger partial charge on any atom is 0.133 e. The SMILES string of the molecule is CC(=O)CC(C(C)=O)C1CCCCC1. The predicted molar refractivity (Wildman–Crippen MR) is 56.0 cm³/mol. The molecule has 0 bridgehead atoms. The largest absolute Gasteiger partial charge is 0.300 e. The van der Waals surface area contributed by atoms with Gasteiger partial charge in [0.1, 0.15) is 11.6 Å². The lowest BCUT2D eigenvalue weighted by atomic mass is 9.76. The third-order valence-electron chi connectivity index (χ3n) is 3.25. The lowest BCUT2D eigenvalue weighted by Crippen LogP contribution is -2.25. The third-order valence-corrected chi connectivity index (χ3v) is 3.25. The maximum absolute atomic E-state index is 11.4. The Kier molecular flexibility index (Phi) is 4.30. The molecule has 0 spiro atoms. The zero-order chi connectivity index (χ0) is 10.6. The highest BCUT2D eigenvalue weighted by Crippen LogP contribution is 2.32. The van der Waals surface area contributed by atoms with Gasteiger partial charge in [-0.1, -0.05) is 19.3 Å². The molecule has 1 aliphatic carbocycles. The van der Waals surface area contributed by atoms with E-state index in [9.17, 15) is 9.59 Å².